The molecule has 0 unspecified atom stereocenters. The van der Waals surface area contributed by atoms with Crippen LogP contribution in [0.2, 0.25) is 0 Å². The molecule has 4 aromatic rings. The van der Waals surface area contributed by atoms with E-state index in [9.17, 15) is 9.59 Å². The lowest BCUT2D eigenvalue weighted by molar-refractivity contribution is -0.123. The van der Waals surface area contributed by atoms with Crippen molar-refractivity contribution in [3.8, 4) is 11.5 Å². The Bertz CT molecular complexity index is 1320. The highest BCUT2D eigenvalue weighted by Gasteiger charge is 2.15. The van der Waals surface area contributed by atoms with E-state index in [-0.39, 0.29) is 24.6 Å². The van der Waals surface area contributed by atoms with Crippen molar-refractivity contribution in [2.75, 3.05) is 18.2 Å². The maximum atomic E-state index is 12.3. The van der Waals surface area contributed by atoms with Gasteiger partial charge in [0.15, 0.2) is 16.8 Å². The number of thioether (sulfide) groups is 1. The van der Waals surface area contributed by atoms with Gasteiger partial charge in [-0.3, -0.25) is 9.59 Å². The zero-order chi connectivity index (χ0) is 23.9. The number of nitrogens with one attached hydrogen (secondary N) is 1. The Morgan fingerprint density at radius 1 is 0.971 bits per heavy atom. The third-order valence-electron chi connectivity index (χ3n) is 5.13. The molecule has 0 spiro atoms. The zero-order valence-electron chi connectivity index (χ0n) is 18.9. The van der Waals surface area contributed by atoms with E-state index in [4.69, 9.17) is 9.47 Å². The van der Waals surface area contributed by atoms with E-state index >= 15 is 0 Å². The molecular weight excluding hydrogens is 452 g/mol. The first-order chi connectivity index (χ1) is 16.5. The Kier molecular flexibility index (Phi) is 7.44. The topological polar surface area (TPSA) is 95.3 Å². The average Bonchev–Trinajstić information content (AvgIpc) is 3.20. The fraction of sp³-hybridized carbons (Fsp3) is 0.200. The lowest BCUT2D eigenvalue weighted by Gasteiger charge is -2.10. The van der Waals surface area contributed by atoms with Crippen molar-refractivity contribution >= 4 is 39.9 Å². The van der Waals surface area contributed by atoms with E-state index in [2.05, 4.69) is 15.5 Å². The van der Waals surface area contributed by atoms with Gasteiger partial charge in [-0.05, 0) is 23.6 Å². The second-order valence-corrected chi connectivity index (χ2v) is 8.42. The average molecular weight is 477 g/mol. The number of para-hydroxylation sites is 2. The van der Waals surface area contributed by atoms with Gasteiger partial charge >= 0.3 is 0 Å². The number of benzene rings is 3. The third kappa shape index (κ3) is 5.55. The predicted octanol–water partition coefficient (Wildman–Crippen LogP) is 4.25. The second-order valence-electron chi connectivity index (χ2n) is 7.48. The molecule has 0 saturated heterocycles. The summed E-state index contributed by atoms with van der Waals surface area (Å²) in [4.78, 5) is 24.6. The summed E-state index contributed by atoms with van der Waals surface area (Å²) < 4.78 is 13.0. The van der Waals surface area contributed by atoms with Crippen LogP contribution in [0.5, 0.6) is 11.5 Å². The molecule has 4 rings (SSSR count). The van der Waals surface area contributed by atoms with E-state index in [1.54, 1.807) is 28.8 Å². The Morgan fingerprint density at radius 3 is 2.56 bits per heavy atom. The monoisotopic (exact) mass is 476 g/mol. The summed E-state index contributed by atoms with van der Waals surface area (Å²) in [5, 5.41) is 13.8. The Balaban J connectivity index is 1.30. The number of Topliss-reactive ketones (excluding diaryl/α,β-unsaturated/α-hetero) is 1. The van der Waals surface area contributed by atoms with Crippen LogP contribution in [0, 0.1) is 0 Å². The van der Waals surface area contributed by atoms with Gasteiger partial charge in [0.1, 0.15) is 18.1 Å². The van der Waals surface area contributed by atoms with Crippen LogP contribution in [0.25, 0.3) is 10.8 Å². The molecule has 1 N–H and O–H groups in total. The number of rotatable bonds is 10. The summed E-state index contributed by atoms with van der Waals surface area (Å²) in [5.41, 5.74) is 0.527. The first kappa shape index (κ1) is 23.3. The van der Waals surface area contributed by atoms with Crippen LogP contribution in [-0.2, 0) is 23.2 Å². The molecule has 0 aliphatic carbocycles. The van der Waals surface area contributed by atoms with Gasteiger partial charge in [-0.1, -0.05) is 60.3 Å². The number of nitrogens with zero attached hydrogens (tertiary/aromatic N) is 3. The molecule has 0 atom stereocenters. The van der Waals surface area contributed by atoms with Crippen molar-refractivity contribution in [1.29, 1.82) is 0 Å². The van der Waals surface area contributed by atoms with Crippen LogP contribution in [-0.4, -0.2) is 39.3 Å². The molecule has 0 radical (unpaired) electrons. The smallest absolute Gasteiger partial charge is 0.231 e. The minimum absolute atomic E-state index is 0.107. The molecule has 9 heteroatoms. The Labute approximate surface area is 201 Å². The van der Waals surface area contributed by atoms with Crippen LogP contribution in [0.15, 0.2) is 71.9 Å². The van der Waals surface area contributed by atoms with Crippen LogP contribution in [0.1, 0.15) is 12.2 Å². The van der Waals surface area contributed by atoms with Crippen LogP contribution in [0.4, 0.5) is 5.69 Å². The number of hydrogen-bond acceptors (Lipinski definition) is 7. The summed E-state index contributed by atoms with van der Waals surface area (Å²) in [6, 6.07) is 21.0. The van der Waals surface area contributed by atoms with Gasteiger partial charge < -0.3 is 19.4 Å². The summed E-state index contributed by atoms with van der Waals surface area (Å²) in [6.07, 6.45) is -0.236. The number of carbonyl (C=O) groups is 2. The van der Waals surface area contributed by atoms with Gasteiger partial charge in [0.05, 0.1) is 25.0 Å². The minimum atomic E-state index is -0.391. The van der Waals surface area contributed by atoms with Crippen molar-refractivity contribution in [2.45, 2.75) is 18.2 Å². The van der Waals surface area contributed by atoms with Crippen molar-refractivity contribution in [3.63, 3.8) is 0 Å². The van der Waals surface area contributed by atoms with Gasteiger partial charge in [-0.2, -0.15) is 0 Å². The summed E-state index contributed by atoms with van der Waals surface area (Å²) in [6.45, 7) is 0.243. The van der Waals surface area contributed by atoms with Crippen molar-refractivity contribution in [3.05, 3.63) is 72.6 Å². The highest BCUT2D eigenvalue weighted by Crippen LogP contribution is 2.26. The van der Waals surface area contributed by atoms with Crippen LogP contribution < -0.4 is 14.8 Å². The van der Waals surface area contributed by atoms with E-state index < -0.39 is 5.91 Å². The van der Waals surface area contributed by atoms with Crippen molar-refractivity contribution in [1.82, 2.24) is 14.8 Å². The van der Waals surface area contributed by atoms with Gasteiger partial charge in [0.25, 0.3) is 0 Å². The molecule has 3 aromatic carbocycles. The number of anilines is 1. The molecule has 0 fully saturated rings. The number of ether oxygens (including phenoxy) is 2. The van der Waals surface area contributed by atoms with Gasteiger partial charge in [-0.25, -0.2) is 0 Å². The molecule has 34 heavy (non-hydrogen) atoms. The largest absolute Gasteiger partial charge is 0.495 e. The van der Waals surface area contributed by atoms with E-state index in [0.29, 0.717) is 22.4 Å². The zero-order valence-corrected chi connectivity index (χ0v) is 19.7. The first-order valence-corrected chi connectivity index (χ1v) is 11.6. The molecule has 174 valence electrons. The Morgan fingerprint density at radius 2 is 1.71 bits per heavy atom. The maximum absolute atomic E-state index is 12.3. The number of fused-ring (bicyclic) bond motifs is 1. The molecular formula is C25H24N4O4S. The number of aromatic nitrogens is 3. The second kappa shape index (κ2) is 10.8. The predicted molar refractivity (Wildman–Crippen MR) is 131 cm³/mol. The van der Waals surface area contributed by atoms with Crippen molar-refractivity contribution < 1.29 is 19.1 Å². The number of amides is 1. The normalized spacial score (nSPS) is 10.8. The molecule has 0 aliphatic heterocycles. The molecule has 8 nitrogen and oxygen atoms in total. The molecule has 0 aliphatic rings. The number of ketones is 1. The molecule has 0 bridgehead atoms. The van der Waals surface area contributed by atoms with E-state index in [1.165, 1.54) is 18.9 Å². The molecule has 0 saturated carbocycles. The van der Waals surface area contributed by atoms with Crippen molar-refractivity contribution in [2.24, 2.45) is 7.05 Å². The highest BCUT2D eigenvalue weighted by atomic mass is 32.2. The fourth-order valence-electron chi connectivity index (χ4n) is 3.38. The van der Waals surface area contributed by atoms with Crippen LogP contribution >= 0.6 is 11.8 Å². The SMILES string of the molecule is COc1ccccc1NC(=O)CC(=O)CSc1nnc(COc2cccc3ccccc23)n1C. The summed E-state index contributed by atoms with van der Waals surface area (Å²) in [7, 11) is 3.35. The standard InChI is InChI=1S/C25H24N4O4S/c1-29-23(15-33-21-13-7-9-17-8-3-4-10-19(17)21)27-28-25(29)34-16-18(30)14-24(31)26-20-11-5-6-12-22(20)32-2/h3-13H,14-16H2,1-2H3,(H,26,31). The summed E-state index contributed by atoms with van der Waals surface area (Å²) in [5.74, 6) is 1.44. The fourth-order valence-corrected chi connectivity index (χ4v) is 4.17. The molecule has 1 amide bonds. The number of carbonyl (C=O) groups excluding carboxylic acids is 2. The van der Waals surface area contributed by atoms with Gasteiger partial charge in [-0.15, -0.1) is 10.2 Å². The first-order valence-electron chi connectivity index (χ1n) is 10.6. The maximum Gasteiger partial charge on any atom is 0.231 e. The van der Waals surface area contributed by atoms with Gasteiger partial charge in [0.2, 0.25) is 5.91 Å². The van der Waals surface area contributed by atoms with Gasteiger partial charge in [0, 0.05) is 12.4 Å². The van der Waals surface area contributed by atoms with E-state index in [0.717, 1.165) is 16.5 Å². The number of methoxy groups -OCH3 is 1. The Hall–Kier alpha value is -3.85. The third-order valence-corrected chi connectivity index (χ3v) is 6.21. The molecule has 1 heterocycles. The lowest BCUT2D eigenvalue weighted by atomic mass is 10.1. The number of hydrogen-bond donors (Lipinski definition) is 1. The van der Waals surface area contributed by atoms with Crippen LogP contribution in [0.3, 0.4) is 0 Å². The minimum Gasteiger partial charge on any atom is -0.495 e. The van der Waals surface area contributed by atoms with E-state index in [1.807, 2.05) is 49.5 Å². The summed E-state index contributed by atoms with van der Waals surface area (Å²) >= 11 is 1.24. The quantitative estimate of drug-likeness (QED) is 0.270. The molecule has 1 aromatic heterocycles. The highest BCUT2D eigenvalue weighted by molar-refractivity contribution is 7.99. The lowest BCUT2D eigenvalue weighted by Crippen LogP contribution is -2.18.